The summed E-state index contributed by atoms with van der Waals surface area (Å²) in [6.07, 6.45) is 1.81. The first-order chi connectivity index (χ1) is 8.45. The number of hydrogen-bond donors (Lipinski definition) is 2. The second kappa shape index (κ2) is 5.95. The van der Waals surface area contributed by atoms with E-state index in [4.69, 9.17) is 4.74 Å². The van der Waals surface area contributed by atoms with Crippen molar-refractivity contribution in [2.24, 2.45) is 0 Å². The summed E-state index contributed by atoms with van der Waals surface area (Å²) in [7, 11) is 1.23. The van der Waals surface area contributed by atoms with E-state index in [0.717, 1.165) is 11.6 Å². The van der Waals surface area contributed by atoms with E-state index >= 15 is 0 Å². The molecule has 0 amide bonds. The number of esters is 1. The van der Waals surface area contributed by atoms with Gasteiger partial charge in [-0.15, -0.1) is 0 Å². The van der Waals surface area contributed by atoms with Gasteiger partial charge >= 0.3 is 5.97 Å². The van der Waals surface area contributed by atoms with E-state index in [0.29, 0.717) is 0 Å². The van der Waals surface area contributed by atoms with Crippen molar-refractivity contribution in [1.29, 1.82) is 0 Å². The van der Waals surface area contributed by atoms with Crippen molar-refractivity contribution in [3.63, 3.8) is 0 Å². The van der Waals surface area contributed by atoms with Crippen LogP contribution in [-0.4, -0.2) is 29.9 Å². The first-order valence-electron chi connectivity index (χ1n) is 5.36. The molecule has 5 nitrogen and oxygen atoms in total. The second-order valence-corrected chi connectivity index (χ2v) is 3.93. The number of methoxy groups -OCH3 is 1. The average molecular weight is 252 g/mol. The van der Waals surface area contributed by atoms with Crippen molar-refractivity contribution in [3.05, 3.63) is 29.3 Å². The molecule has 0 heterocycles. The van der Waals surface area contributed by atoms with Crippen LogP contribution in [0.4, 0.5) is 0 Å². The quantitative estimate of drug-likeness (QED) is 0.488. The van der Waals surface area contributed by atoms with Gasteiger partial charge in [-0.25, -0.2) is 4.79 Å². The highest BCUT2D eigenvalue weighted by Gasteiger charge is 2.15. The predicted octanol–water partition coefficient (Wildman–Crippen LogP) is 2.23. The van der Waals surface area contributed by atoms with Crippen LogP contribution in [0, 0.1) is 0 Å². The number of ether oxygens (including phenoxy) is 2. The van der Waals surface area contributed by atoms with Gasteiger partial charge in [-0.2, -0.15) is 0 Å². The van der Waals surface area contributed by atoms with Crippen molar-refractivity contribution in [2.45, 2.75) is 13.8 Å². The highest BCUT2D eigenvalue weighted by molar-refractivity contribution is 5.91. The summed E-state index contributed by atoms with van der Waals surface area (Å²) in [4.78, 5) is 11.3. The number of carbonyl (C=O) groups excluding carboxylic acids is 1. The maximum Gasteiger partial charge on any atom is 0.338 e. The fourth-order valence-electron chi connectivity index (χ4n) is 1.24. The Hall–Kier alpha value is -2.17. The first kappa shape index (κ1) is 13.9. The van der Waals surface area contributed by atoms with Gasteiger partial charge in [0.05, 0.1) is 12.7 Å². The number of aromatic hydroxyl groups is 2. The zero-order chi connectivity index (χ0) is 13.7. The molecule has 5 heteroatoms. The highest BCUT2D eigenvalue weighted by Crippen LogP contribution is 2.36. The summed E-state index contributed by atoms with van der Waals surface area (Å²) in [5.41, 5.74) is 1.17. The van der Waals surface area contributed by atoms with Crippen LogP contribution in [-0.2, 0) is 4.74 Å². The first-order valence-corrected chi connectivity index (χ1v) is 5.36. The van der Waals surface area contributed by atoms with Crippen molar-refractivity contribution in [2.75, 3.05) is 13.7 Å². The lowest BCUT2D eigenvalue weighted by Crippen LogP contribution is -2.02. The molecule has 98 valence electrons. The molecular formula is C13H16O5. The zero-order valence-electron chi connectivity index (χ0n) is 10.6. The molecule has 18 heavy (non-hydrogen) atoms. The van der Waals surface area contributed by atoms with Crippen LogP contribution < -0.4 is 4.74 Å². The van der Waals surface area contributed by atoms with Gasteiger partial charge < -0.3 is 19.7 Å². The molecule has 2 N–H and O–H groups in total. The molecule has 0 unspecified atom stereocenters. The Bertz CT molecular complexity index is 473. The van der Waals surface area contributed by atoms with E-state index in [2.05, 4.69) is 4.74 Å². The van der Waals surface area contributed by atoms with Gasteiger partial charge in [0.2, 0.25) is 5.75 Å². The molecule has 1 aromatic carbocycles. The molecule has 0 bridgehead atoms. The van der Waals surface area contributed by atoms with Crippen LogP contribution >= 0.6 is 0 Å². The van der Waals surface area contributed by atoms with Gasteiger partial charge in [0.25, 0.3) is 0 Å². The van der Waals surface area contributed by atoms with Crippen LogP contribution in [0.15, 0.2) is 23.8 Å². The van der Waals surface area contributed by atoms with E-state index in [9.17, 15) is 15.0 Å². The Kier molecular flexibility index (Phi) is 4.59. The van der Waals surface area contributed by atoms with Crippen LogP contribution in [0.25, 0.3) is 0 Å². The molecule has 1 aromatic rings. The smallest absolute Gasteiger partial charge is 0.338 e. The molecule has 1 rings (SSSR count). The van der Waals surface area contributed by atoms with E-state index in [-0.39, 0.29) is 17.9 Å². The Labute approximate surface area is 105 Å². The Morgan fingerprint density at radius 3 is 2.56 bits per heavy atom. The number of allylic oxidation sites excluding steroid dienone is 1. The Balaban J connectivity index is 2.99. The largest absolute Gasteiger partial charge is 0.504 e. The van der Waals surface area contributed by atoms with Gasteiger partial charge in [-0.3, -0.25) is 0 Å². The van der Waals surface area contributed by atoms with Gasteiger partial charge in [0.15, 0.2) is 11.5 Å². The Morgan fingerprint density at radius 1 is 1.33 bits per heavy atom. The van der Waals surface area contributed by atoms with Crippen LogP contribution in [0.1, 0.15) is 24.2 Å². The number of rotatable bonds is 4. The van der Waals surface area contributed by atoms with E-state index < -0.39 is 17.5 Å². The van der Waals surface area contributed by atoms with Gasteiger partial charge in [0.1, 0.15) is 6.61 Å². The van der Waals surface area contributed by atoms with Crippen LogP contribution in [0.5, 0.6) is 17.2 Å². The average Bonchev–Trinajstić information content (AvgIpc) is 2.32. The number of carbonyl (C=O) groups is 1. The third-order valence-corrected chi connectivity index (χ3v) is 2.21. The third kappa shape index (κ3) is 3.41. The van der Waals surface area contributed by atoms with E-state index in [1.807, 2.05) is 13.8 Å². The zero-order valence-corrected chi connectivity index (χ0v) is 10.6. The molecular weight excluding hydrogens is 236 g/mol. The molecule has 0 atom stereocenters. The maximum absolute atomic E-state index is 11.3. The van der Waals surface area contributed by atoms with Crippen molar-refractivity contribution < 1.29 is 24.5 Å². The fourth-order valence-corrected chi connectivity index (χ4v) is 1.24. The molecule has 0 aromatic heterocycles. The molecule has 0 aliphatic rings. The predicted molar refractivity (Wildman–Crippen MR) is 66.0 cm³/mol. The van der Waals surface area contributed by atoms with Gasteiger partial charge in [0, 0.05) is 0 Å². The van der Waals surface area contributed by atoms with Crippen LogP contribution in [0.2, 0.25) is 0 Å². The summed E-state index contributed by atoms with van der Waals surface area (Å²) in [6.45, 7) is 4.05. The van der Waals surface area contributed by atoms with E-state index in [1.54, 1.807) is 6.08 Å². The molecule has 0 saturated heterocycles. The summed E-state index contributed by atoms with van der Waals surface area (Å²) in [5, 5.41) is 19.1. The number of benzene rings is 1. The summed E-state index contributed by atoms with van der Waals surface area (Å²) in [5.74, 6) is -1.40. The lowest BCUT2D eigenvalue weighted by molar-refractivity contribution is 0.0599. The molecule has 0 spiro atoms. The minimum absolute atomic E-state index is 0.0351. The second-order valence-electron chi connectivity index (χ2n) is 3.93. The van der Waals surface area contributed by atoms with Crippen molar-refractivity contribution in [3.8, 4) is 17.2 Å². The topological polar surface area (TPSA) is 76.0 Å². The lowest BCUT2D eigenvalue weighted by atomic mass is 10.2. The van der Waals surface area contributed by atoms with Crippen molar-refractivity contribution >= 4 is 5.97 Å². The summed E-state index contributed by atoms with van der Waals surface area (Å²) < 4.78 is 9.80. The van der Waals surface area contributed by atoms with Gasteiger partial charge in [-0.1, -0.05) is 5.57 Å². The molecule has 0 saturated carbocycles. The number of phenols is 2. The molecule has 0 aliphatic carbocycles. The molecule has 0 fully saturated rings. The standard InChI is InChI=1S/C13H16O5/c1-8(2)4-5-18-11-7-9(13(16)17-3)6-10(14)12(11)15/h4,6-7,14-15H,5H2,1-3H3. The SMILES string of the molecule is COC(=O)c1cc(O)c(O)c(OCC=C(C)C)c1. The normalized spacial score (nSPS) is 9.72. The Morgan fingerprint density at radius 2 is 2.00 bits per heavy atom. The lowest BCUT2D eigenvalue weighted by Gasteiger charge is -2.09. The van der Waals surface area contributed by atoms with Crippen molar-refractivity contribution in [1.82, 2.24) is 0 Å². The van der Waals surface area contributed by atoms with Gasteiger partial charge in [-0.05, 0) is 32.1 Å². The summed E-state index contributed by atoms with van der Waals surface area (Å²) >= 11 is 0. The van der Waals surface area contributed by atoms with E-state index in [1.165, 1.54) is 13.2 Å². The van der Waals surface area contributed by atoms with Crippen LogP contribution in [0.3, 0.4) is 0 Å². The maximum atomic E-state index is 11.3. The third-order valence-electron chi connectivity index (χ3n) is 2.21. The minimum Gasteiger partial charge on any atom is -0.504 e. The minimum atomic E-state index is -0.614. The summed E-state index contributed by atoms with van der Waals surface area (Å²) in [6, 6.07) is 2.44. The molecule has 0 aliphatic heterocycles. The monoisotopic (exact) mass is 252 g/mol. The number of phenolic OH excluding ortho intramolecular Hbond substituents is 2. The number of hydrogen-bond acceptors (Lipinski definition) is 5. The fraction of sp³-hybridized carbons (Fsp3) is 0.308. The molecule has 0 radical (unpaired) electrons. The highest BCUT2D eigenvalue weighted by atomic mass is 16.5.